The molecule has 6 heteroatoms. The van der Waals surface area contributed by atoms with Crippen molar-refractivity contribution in [2.45, 2.75) is 32.1 Å². The first kappa shape index (κ1) is 16.1. The molecule has 0 radical (unpaired) electrons. The van der Waals surface area contributed by atoms with Crippen molar-refractivity contribution in [3.05, 3.63) is 40.9 Å². The zero-order valence-corrected chi connectivity index (χ0v) is 14.3. The standard InChI is InChI=1S/C17H19BrN2O3/c18-15-9-13(11-23-15)17(21)20-16-14(7-4-8-19-16)22-10-12-5-2-1-3-6-12/h4,7-9,11-12H,1-3,5-6,10H2,(H,19,20,21). The molecule has 0 spiro atoms. The average Bonchev–Trinajstić information content (AvgIpc) is 3.02. The van der Waals surface area contributed by atoms with Crippen molar-refractivity contribution in [3.63, 3.8) is 0 Å². The molecule has 0 unspecified atom stereocenters. The van der Waals surface area contributed by atoms with Gasteiger partial charge in [-0.3, -0.25) is 4.79 Å². The molecule has 1 N–H and O–H groups in total. The summed E-state index contributed by atoms with van der Waals surface area (Å²) >= 11 is 3.18. The molecule has 0 aromatic carbocycles. The molecule has 5 nitrogen and oxygen atoms in total. The van der Waals surface area contributed by atoms with Crippen molar-refractivity contribution in [2.24, 2.45) is 5.92 Å². The highest BCUT2D eigenvalue weighted by molar-refractivity contribution is 9.10. The smallest absolute Gasteiger partial charge is 0.260 e. The van der Waals surface area contributed by atoms with E-state index in [0.29, 0.717) is 34.3 Å². The summed E-state index contributed by atoms with van der Waals surface area (Å²) in [5.74, 6) is 1.36. The van der Waals surface area contributed by atoms with Gasteiger partial charge in [0.1, 0.15) is 6.26 Å². The van der Waals surface area contributed by atoms with E-state index in [1.54, 1.807) is 18.3 Å². The number of amides is 1. The van der Waals surface area contributed by atoms with Crippen LogP contribution in [0, 0.1) is 5.92 Å². The summed E-state index contributed by atoms with van der Waals surface area (Å²) in [6, 6.07) is 5.25. The summed E-state index contributed by atoms with van der Waals surface area (Å²) in [5.41, 5.74) is 0.431. The van der Waals surface area contributed by atoms with Crippen LogP contribution in [0.2, 0.25) is 0 Å². The molecule has 1 amide bonds. The summed E-state index contributed by atoms with van der Waals surface area (Å²) in [7, 11) is 0. The van der Waals surface area contributed by atoms with Gasteiger partial charge in [0, 0.05) is 12.3 Å². The number of pyridine rings is 1. The summed E-state index contributed by atoms with van der Waals surface area (Å²) in [5, 5.41) is 2.77. The zero-order valence-electron chi connectivity index (χ0n) is 12.8. The highest BCUT2D eigenvalue weighted by atomic mass is 79.9. The van der Waals surface area contributed by atoms with Gasteiger partial charge in [-0.1, -0.05) is 19.3 Å². The first-order valence-corrected chi connectivity index (χ1v) is 8.65. The van der Waals surface area contributed by atoms with Crippen molar-refractivity contribution in [1.29, 1.82) is 0 Å². The number of carbonyl (C=O) groups is 1. The predicted octanol–water partition coefficient (Wildman–Crippen LogP) is 4.65. The van der Waals surface area contributed by atoms with Crippen LogP contribution in [0.15, 0.2) is 39.7 Å². The minimum Gasteiger partial charge on any atom is -0.489 e. The van der Waals surface area contributed by atoms with Gasteiger partial charge in [-0.25, -0.2) is 4.98 Å². The molecule has 1 fully saturated rings. The highest BCUT2D eigenvalue weighted by Crippen LogP contribution is 2.27. The third-order valence-corrected chi connectivity index (χ3v) is 4.45. The molecular formula is C17H19BrN2O3. The van der Waals surface area contributed by atoms with Gasteiger partial charge < -0.3 is 14.5 Å². The maximum absolute atomic E-state index is 12.2. The Kier molecular flexibility index (Phi) is 5.33. The lowest BCUT2D eigenvalue weighted by Crippen LogP contribution is -2.17. The first-order valence-electron chi connectivity index (χ1n) is 7.85. The van der Waals surface area contributed by atoms with Crippen LogP contribution in [0.5, 0.6) is 5.75 Å². The second-order valence-corrected chi connectivity index (χ2v) is 6.54. The Bertz CT molecular complexity index is 665. The van der Waals surface area contributed by atoms with Crippen molar-refractivity contribution < 1.29 is 13.9 Å². The number of carbonyl (C=O) groups excluding carboxylic acids is 1. The van der Waals surface area contributed by atoms with E-state index in [1.165, 1.54) is 38.4 Å². The van der Waals surface area contributed by atoms with Crippen LogP contribution in [-0.4, -0.2) is 17.5 Å². The molecule has 1 saturated carbocycles. The molecule has 0 aliphatic heterocycles. The second-order valence-electron chi connectivity index (χ2n) is 5.76. The van der Waals surface area contributed by atoms with E-state index in [-0.39, 0.29) is 5.91 Å². The zero-order chi connectivity index (χ0) is 16.1. The third kappa shape index (κ3) is 4.34. The fourth-order valence-corrected chi connectivity index (χ4v) is 3.11. The molecule has 122 valence electrons. The van der Waals surface area contributed by atoms with Gasteiger partial charge in [-0.2, -0.15) is 0 Å². The number of hydrogen-bond donors (Lipinski definition) is 1. The fraction of sp³-hybridized carbons (Fsp3) is 0.412. The van der Waals surface area contributed by atoms with E-state index in [1.807, 2.05) is 6.07 Å². The van der Waals surface area contributed by atoms with Crippen LogP contribution in [0.25, 0.3) is 0 Å². The minimum absolute atomic E-state index is 0.277. The van der Waals surface area contributed by atoms with Gasteiger partial charge in [-0.15, -0.1) is 0 Å². The van der Waals surface area contributed by atoms with Crippen LogP contribution < -0.4 is 10.1 Å². The largest absolute Gasteiger partial charge is 0.489 e. The van der Waals surface area contributed by atoms with Gasteiger partial charge in [0.05, 0.1) is 12.2 Å². The fourth-order valence-electron chi connectivity index (χ4n) is 2.77. The Morgan fingerprint density at radius 1 is 1.39 bits per heavy atom. The Hall–Kier alpha value is -1.82. The van der Waals surface area contributed by atoms with Gasteiger partial charge in [0.2, 0.25) is 0 Å². The maximum atomic E-state index is 12.2. The number of halogens is 1. The van der Waals surface area contributed by atoms with Crippen LogP contribution in [-0.2, 0) is 0 Å². The van der Waals surface area contributed by atoms with Gasteiger partial charge in [0.25, 0.3) is 5.91 Å². The summed E-state index contributed by atoms with van der Waals surface area (Å²) < 4.78 is 11.5. The van der Waals surface area contributed by atoms with Crippen molar-refractivity contribution in [3.8, 4) is 5.75 Å². The summed E-state index contributed by atoms with van der Waals surface area (Å²) in [6.07, 6.45) is 9.33. The summed E-state index contributed by atoms with van der Waals surface area (Å²) in [6.45, 7) is 0.672. The molecule has 23 heavy (non-hydrogen) atoms. The Labute approximate surface area is 143 Å². The maximum Gasteiger partial charge on any atom is 0.260 e. The molecule has 3 rings (SSSR count). The van der Waals surface area contributed by atoms with E-state index in [9.17, 15) is 4.79 Å². The van der Waals surface area contributed by atoms with Crippen LogP contribution in [0.3, 0.4) is 0 Å². The Balaban J connectivity index is 1.64. The monoisotopic (exact) mass is 378 g/mol. The van der Waals surface area contributed by atoms with Gasteiger partial charge in [-0.05, 0) is 46.8 Å². The molecule has 0 atom stereocenters. The van der Waals surface area contributed by atoms with Crippen LogP contribution in [0.4, 0.5) is 5.82 Å². The van der Waals surface area contributed by atoms with Crippen molar-refractivity contribution >= 4 is 27.7 Å². The quantitative estimate of drug-likeness (QED) is 0.822. The highest BCUT2D eigenvalue weighted by Gasteiger charge is 2.17. The number of hydrogen-bond acceptors (Lipinski definition) is 4. The molecule has 2 aromatic heterocycles. The number of furan rings is 1. The molecular weight excluding hydrogens is 360 g/mol. The molecule has 1 aliphatic rings. The number of nitrogens with zero attached hydrogens (tertiary/aromatic N) is 1. The number of aromatic nitrogens is 1. The predicted molar refractivity (Wildman–Crippen MR) is 90.7 cm³/mol. The van der Waals surface area contributed by atoms with Crippen LogP contribution >= 0.6 is 15.9 Å². The van der Waals surface area contributed by atoms with Crippen molar-refractivity contribution in [2.75, 3.05) is 11.9 Å². The van der Waals surface area contributed by atoms with E-state index in [2.05, 4.69) is 26.2 Å². The molecule has 2 heterocycles. The van der Waals surface area contributed by atoms with E-state index < -0.39 is 0 Å². The van der Waals surface area contributed by atoms with E-state index >= 15 is 0 Å². The lowest BCUT2D eigenvalue weighted by molar-refractivity contribution is 0.102. The summed E-state index contributed by atoms with van der Waals surface area (Å²) in [4.78, 5) is 16.4. The van der Waals surface area contributed by atoms with E-state index in [0.717, 1.165) is 0 Å². The first-order chi connectivity index (χ1) is 11.2. The number of ether oxygens (including phenoxy) is 1. The Morgan fingerprint density at radius 2 is 2.22 bits per heavy atom. The number of rotatable bonds is 5. The molecule has 1 aliphatic carbocycles. The topological polar surface area (TPSA) is 64.4 Å². The van der Waals surface area contributed by atoms with Gasteiger partial charge >= 0.3 is 0 Å². The Morgan fingerprint density at radius 3 is 2.96 bits per heavy atom. The lowest BCUT2D eigenvalue weighted by atomic mass is 9.90. The van der Waals surface area contributed by atoms with E-state index in [4.69, 9.17) is 9.15 Å². The second kappa shape index (κ2) is 7.64. The van der Waals surface area contributed by atoms with Gasteiger partial charge in [0.15, 0.2) is 16.2 Å². The SMILES string of the molecule is O=C(Nc1ncccc1OCC1CCCCC1)c1coc(Br)c1. The molecule has 0 saturated heterocycles. The molecule has 2 aromatic rings. The minimum atomic E-state index is -0.277. The third-order valence-electron chi connectivity index (χ3n) is 4.03. The molecule has 0 bridgehead atoms. The normalized spacial score (nSPS) is 15.3. The van der Waals surface area contributed by atoms with Crippen molar-refractivity contribution in [1.82, 2.24) is 4.98 Å². The average molecular weight is 379 g/mol. The van der Waals surface area contributed by atoms with Crippen LogP contribution in [0.1, 0.15) is 42.5 Å². The number of nitrogens with one attached hydrogen (secondary N) is 1. The lowest BCUT2D eigenvalue weighted by Gasteiger charge is -2.22. The number of anilines is 1.